The van der Waals surface area contributed by atoms with Crippen LogP contribution >= 0.6 is 0 Å². The Morgan fingerprint density at radius 3 is 1.96 bits per heavy atom. The molecule has 2 N–H and O–H groups in total. The fraction of sp³-hybridized carbons (Fsp3) is 0.167. The van der Waals surface area contributed by atoms with Crippen LogP contribution in [0.1, 0.15) is 28.3 Å². The van der Waals surface area contributed by atoms with Gasteiger partial charge in [0.1, 0.15) is 0 Å². The van der Waals surface area contributed by atoms with Crippen LogP contribution in [-0.2, 0) is 16.0 Å². The smallest absolute Gasteiger partial charge is 0.240 e. The van der Waals surface area contributed by atoms with Crippen LogP contribution in [0.4, 0.5) is 0 Å². The van der Waals surface area contributed by atoms with Crippen LogP contribution in [0.3, 0.4) is 0 Å². The van der Waals surface area contributed by atoms with E-state index in [4.69, 9.17) is 0 Å². The molecule has 3 rings (SSSR count). The predicted molar refractivity (Wildman–Crippen MR) is 111 cm³/mol. The summed E-state index contributed by atoms with van der Waals surface area (Å²) in [7, 11) is 0. The summed E-state index contributed by atoms with van der Waals surface area (Å²) in [6.45, 7) is 1.98. The van der Waals surface area contributed by atoms with Gasteiger partial charge < -0.3 is 10.6 Å². The minimum atomic E-state index is -0.264. The van der Waals surface area contributed by atoms with Crippen molar-refractivity contribution in [2.75, 3.05) is 6.54 Å². The monoisotopic (exact) mass is 372 g/mol. The highest BCUT2D eigenvalue weighted by Gasteiger charge is 2.17. The van der Waals surface area contributed by atoms with Crippen molar-refractivity contribution in [2.45, 2.75) is 19.4 Å². The molecule has 0 spiro atoms. The van der Waals surface area contributed by atoms with Crippen molar-refractivity contribution in [3.8, 4) is 0 Å². The highest BCUT2D eigenvalue weighted by molar-refractivity contribution is 5.86. The summed E-state index contributed by atoms with van der Waals surface area (Å²) >= 11 is 0. The first-order valence-corrected chi connectivity index (χ1v) is 9.33. The Hall–Kier alpha value is -3.40. The van der Waals surface area contributed by atoms with E-state index < -0.39 is 0 Å². The van der Waals surface area contributed by atoms with Gasteiger partial charge in [-0.15, -0.1) is 0 Å². The molecule has 0 saturated heterocycles. The minimum absolute atomic E-state index is 0.0547. The van der Waals surface area contributed by atoms with Gasteiger partial charge in [-0.3, -0.25) is 9.59 Å². The molecule has 1 unspecified atom stereocenters. The first-order chi connectivity index (χ1) is 13.6. The second kappa shape index (κ2) is 9.51. The number of aryl methyl sites for hydroxylation is 1. The lowest BCUT2D eigenvalue weighted by Crippen LogP contribution is -2.39. The molecular weight excluding hydrogens is 348 g/mol. The molecule has 0 radical (unpaired) electrons. The summed E-state index contributed by atoms with van der Waals surface area (Å²) in [5.74, 6) is -0.399. The van der Waals surface area contributed by atoms with Gasteiger partial charge in [0.05, 0.1) is 19.0 Å². The van der Waals surface area contributed by atoms with E-state index in [1.54, 1.807) is 0 Å². The molecule has 28 heavy (non-hydrogen) atoms. The second-order valence-electron chi connectivity index (χ2n) is 6.76. The van der Waals surface area contributed by atoms with E-state index in [-0.39, 0.29) is 30.8 Å². The van der Waals surface area contributed by atoms with Crippen LogP contribution in [0.15, 0.2) is 84.9 Å². The van der Waals surface area contributed by atoms with E-state index in [9.17, 15) is 9.59 Å². The van der Waals surface area contributed by atoms with Gasteiger partial charge in [-0.25, -0.2) is 0 Å². The van der Waals surface area contributed by atoms with Gasteiger partial charge in [-0.2, -0.15) is 0 Å². The summed E-state index contributed by atoms with van der Waals surface area (Å²) in [5.41, 5.74) is 4.08. The fourth-order valence-corrected chi connectivity index (χ4v) is 3.00. The van der Waals surface area contributed by atoms with Crippen LogP contribution in [0.5, 0.6) is 0 Å². The second-order valence-corrected chi connectivity index (χ2v) is 6.76. The van der Waals surface area contributed by atoms with E-state index in [0.717, 1.165) is 22.3 Å². The molecule has 0 fully saturated rings. The third kappa shape index (κ3) is 5.55. The van der Waals surface area contributed by atoms with Gasteiger partial charge in [0.2, 0.25) is 11.8 Å². The highest BCUT2D eigenvalue weighted by Crippen LogP contribution is 2.22. The number of carbonyl (C=O) groups is 2. The zero-order chi connectivity index (χ0) is 19.8. The molecule has 0 aliphatic heterocycles. The average molecular weight is 372 g/mol. The van der Waals surface area contributed by atoms with Crippen molar-refractivity contribution in [1.29, 1.82) is 0 Å². The van der Waals surface area contributed by atoms with Gasteiger partial charge >= 0.3 is 0 Å². The lowest BCUT2D eigenvalue weighted by Gasteiger charge is -2.20. The van der Waals surface area contributed by atoms with E-state index in [1.807, 2.05) is 91.9 Å². The first-order valence-electron chi connectivity index (χ1n) is 9.33. The van der Waals surface area contributed by atoms with Gasteiger partial charge in [0.25, 0.3) is 0 Å². The Balaban J connectivity index is 1.63. The number of nitrogens with one attached hydrogen (secondary N) is 2. The zero-order valence-electron chi connectivity index (χ0n) is 15.9. The maximum Gasteiger partial charge on any atom is 0.240 e. The van der Waals surface area contributed by atoms with E-state index in [2.05, 4.69) is 10.6 Å². The Bertz CT molecular complexity index is 906. The Morgan fingerprint density at radius 2 is 1.32 bits per heavy atom. The molecule has 3 aromatic rings. The van der Waals surface area contributed by atoms with Crippen molar-refractivity contribution in [2.24, 2.45) is 0 Å². The van der Waals surface area contributed by atoms with Crippen molar-refractivity contribution < 1.29 is 9.59 Å². The SMILES string of the molecule is Cc1ccc(C(NC(=O)CNC(=O)Cc2ccccc2)c2ccccc2)cc1. The number of hydrogen-bond donors (Lipinski definition) is 2. The van der Waals surface area contributed by atoms with Crippen molar-refractivity contribution in [1.82, 2.24) is 10.6 Å². The van der Waals surface area contributed by atoms with E-state index in [0.29, 0.717) is 0 Å². The molecule has 4 nitrogen and oxygen atoms in total. The number of amides is 2. The van der Waals surface area contributed by atoms with Crippen molar-refractivity contribution in [3.05, 3.63) is 107 Å². The Morgan fingerprint density at radius 1 is 0.750 bits per heavy atom. The van der Waals surface area contributed by atoms with Crippen LogP contribution in [0.2, 0.25) is 0 Å². The Kier molecular flexibility index (Phi) is 6.58. The number of benzene rings is 3. The molecule has 0 bridgehead atoms. The van der Waals surface area contributed by atoms with Crippen molar-refractivity contribution >= 4 is 11.8 Å². The zero-order valence-corrected chi connectivity index (χ0v) is 15.9. The quantitative estimate of drug-likeness (QED) is 0.666. The van der Waals surface area contributed by atoms with Gasteiger partial charge in [0, 0.05) is 0 Å². The molecule has 1 atom stereocenters. The lowest BCUT2D eigenvalue weighted by atomic mass is 9.98. The van der Waals surface area contributed by atoms with Crippen LogP contribution in [-0.4, -0.2) is 18.4 Å². The molecule has 3 aromatic carbocycles. The predicted octanol–water partition coefficient (Wildman–Crippen LogP) is 3.56. The van der Waals surface area contributed by atoms with Crippen molar-refractivity contribution in [3.63, 3.8) is 0 Å². The molecule has 0 heterocycles. The third-order valence-electron chi connectivity index (χ3n) is 4.50. The molecule has 0 aromatic heterocycles. The summed E-state index contributed by atoms with van der Waals surface area (Å²) in [6, 6.07) is 27.1. The summed E-state index contributed by atoms with van der Waals surface area (Å²) in [6.07, 6.45) is 0.258. The molecule has 0 saturated carbocycles. The van der Waals surface area contributed by atoms with Gasteiger partial charge in [0.15, 0.2) is 0 Å². The number of hydrogen-bond acceptors (Lipinski definition) is 2. The summed E-state index contributed by atoms with van der Waals surface area (Å²) < 4.78 is 0. The summed E-state index contributed by atoms with van der Waals surface area (Å²) in [4.78, 5) is 24.6. The van der Waals surface area contributed by atoms with E-state index >= 15 is 0 Å². The maximum atomic E-state index is 12.5. The molecule has 4 heteroatoms. The van der Waals surface area contributed by atoms with Crippen LogP contribution < -0.4 is 10.6 Å². The third-order valence-corrected chi connectivity index (χ3v) is 4.50. The minimum Gasteiger partial charge on any atom is -0.347 e. The van der Waals surface area contributed by atoms with Crippen LogP contribution in [0, 0.1) is 6.92 Å². The molecule has 2 amide bonds. The number of carbonyl (C=O) groups excluding carboxylic acids is 2. The van der Waals surface area contributed by atoms with Gasteiger partial charge in [-0.05, 0) is 23.6 Å². The molecule has 142 valence electrons. The largest absolute Gasteiger partial charge is 0.347 e. The first kappa shape index (κ1) is 19.4. The molecular formula is C24H24N2O2. The molecule has 0 aliphatic carbocycles. The number of rotatable bonds is 7. The van der Waals surface area contributed by atoms with E-state index in [1.165, 1.54) is 0 Å². The highest BCUT2D eigenvalue weighted by atomic mass is 16.2. The standard InChI is InChI=1S/C24H24N2O2/c1-18-12-14-21(15-13-18)24(20-10-6-3-7-11-20)26-23(28)17-25-22(27)16-19-8-4-2-5-9-19/h2-15,24H,16-17H2,1H3,(H,25,27)(H,26,28). The lowest BCUT2D eigenvalue weighted by molar-refractivity contribution is -0.126. The topological polar surface area (TPSA) is 58.2 Å². The average Bonchev–Trinajstić information content (AvgIpc) is 2.73. The maximum absolute atomic E-state index is 12.5. The normalized spacial score (nSPS) is 11.5. The van der Waals surface area contributed by atoms with Gasteiger partial charge in [-0.1, -0.05) is 90.5 Å². The summed E-state index contributed by atoms with van der Waals surface area (Å²) in [5, 5.41) is 5.73. The molecule has 0 aliphatic rings. The Labute approximate surface area is 165 Å². The van der Waals surface area contributed by atoms with Crippen LogP contribution in [0.25, 0.3) is 0 Å². The fourth-order valence-electron chi connectivity index (χ4n) is 3.00.